The lowest BCUT2D eigenvalue weighted by molar-refractivity contribution is -0.147. The third-order valence-corrected chi connectivity index (χ3v) is 2.60. The summed E-state index contributed by atoms with van der Waals surface area (Å²) in [6, 6.07) is 7.64. The van der Waals surface area contributed by atoms with E-state index in [1.807, 2.05) is 31.2 Å². The van der Waals surface area contributed by atoms with Crippen LogP contribution < -0.4 is 5.32 Å². The molecule has 102 valence electrons. The highest BCUT2D eigenvalue weighted by atomic mass is 16.4. The fraction of sp³-hybridized carbons (Fsp3) is 0.286. The van der Waals surface area contributed by atoms with Crippen molar-refractivity contribution in [3.05, 3.63) is 41.5 Å². The summed E-state index contributed by atoms with van der Waals surface area (Å²) in [6.45, 7) is 2.06. The van der Waals surface area contributed by atoms with Gasteiger partial charge in [-0.1, -0.05) is 24.3 Å². The highest BCUT2D eigenvalue weighted by Gasteiger charge is 2.12. The smallest absolute Gasteiger partial charge is 0.332 e. The number of aliphatic hydroxyl groups is 1. The maximum absolute atomic E-state index is 11.5. The summed E-state index contributed by atoms with van der Waals surface area (Å²) in [4.78, 5) is 21.8. The number of nitrogens with one attached hydrogen (secondary N) is 1. The van der Waals surface area contributed by atoms with Gasteiger partial charge in [0.15, 0.2) is 6.10 Å². The van der Waals surface area contributed by atoms with Crippen molar-refractivity contribution >= 4 is 18.0 Å². The first-order valence-corrected chi connectivity index (χ1v) is 5.93. The van der Waals surface area contributed by atoms with E-state index in [4.69, 9.17) is 10.2 Å². The molecule has 0 aliphatic rings. The maximum atomic E-state index is 11.5. The zero-order chi connectivity index (χ0) is 14.3. The summed E-state index contributed by atoms with van der Waals surface area (Å²) in [5, 5.41) is 20.0. The number of amides is 1. The lowest BCUT2D eigenvalue weighted by Crippen LogP contribution is -2.28. The number of benzene rings is 1. The first-order chi connectivity index (χ1) is 9.00. The highest BCUT2D eigenvalue weighted by molar-refractivity contribution is 5.91. The molecule has 1 rings (SSSR count). The van der Waals surface area contributed by atoms with Gasteiger partial charge in [0.05, 0.1) is 0 Å². The molecule has 1 unspecified atom stereocenters. The van der Waals surface area contributed by atoms with E-state index >= 15 is 0 Å². The second-order valence-electron chi connectivity index (χ2n) is 4.12. The average molecular weight is 263 g/mol. The van der Waals surface area contributed by atoms with Crippen molar-refractivity contribution in [3.8, 4) is 0 Å². The summed E-state index contributed by atoms with van der Waals surface area (Å²) < 4.78 is 0. The fourth-order valence-corrected chi connectivity index (χ4v) is 1.45. The molecule has 0 heterocycles. The Hall–Kier alpha value is -2.14. The summed E-state index contributed by atoms with van der Waals surface area (Å²) in [7, 11) is 0. The standard InChI is InChI=1S/C14H17NO4/c1-10-4-2-3-5-11(10)6-7-13(17)15-9-8-12(16)14(18)19/h2-7,12,16H,8-9H2,1H3,(H,15,17)(H,18,19). The molecule has 0 aliphatic heterocycles. The van der Waals surface area contributed by atoms with Crippen molar-refractivity contribution in [2.75, 3.05) is 6.54 Å². The summed E-state index contributed by atoms with van der Waals surface area (Å²) in [6.07, 6.45) is 1.62. The van der Waals surface area contributed by atoms with Crippen LogP contribution in [0.3, 0.4) is 0 Å². The Labute approximate surface area is 111 Å². The van der Waals surface area contributed by atoms with Crippen LogP contribution in [0.1, 0.15) is 17.5 Å². The first kappa shape index (κ1) is 14.9. The molecule has 0 saturated heterocycles. The average Bonchev–Trinajstić information content (AvgIpc) is 2.37. The van der Waals surface area contributed by atoms with Gasteiger partial charge in [-0.15, -0.1) is 0 Å². The molecule has 5 nitrogen and oxygen atoms in total. The number of aliphatic carboxylic acids is 1. The molecular weight excluding hydrogens is 246 g/mol. The van der Waals surface area contributed by atoms with Gasteiger partial charge in [0, 0.05) is 19.0 Å². The molecule has 1 aromatic rings. The van der Waals surface area contributed by atoms with Gasteiger partial charge in [-0.3, -0.25) is 4.79 Å². The number of aryl methyl sites for hydroxylation is 1. The van der Waals surface area contributed by atoms with E-state index < -0.39 is 12.1 Å². The Kier molecular flexibility index (Phi) is 5.75. The molecule has 0 bridgehead atoms. The van der Waals surface area contributed by atoms with E-state index in [9.17, 15) is 9.59 Å². The number of hydrogen-bond donors (Lipinski definition) is 3. The van der Waals surface area contributed by atoms with Gasteiger partial charge >= 0.3 is 5.97 Å². The zero-order valence-corrected chi connectivity index (χ0v) is 10.7. The molecule has 1 atom stereocenters. The Morgan fingerprint density at radius 3 is 2.68 bits per heavy atom. The van der Waals surface area contributed by atoms with Crippen LogP contribution in [0.4, 0.5) is 0 Å². The van der Waals surface area contributed by atoms with E-state index in [1.165, 1.54) is 6.08 Å². The summed E-state index contributed by atoms with van der Waals surface area (Å²) >= 11 is 0. The van der Waals surface area contributed by atoms with Gasteiger partial charge in [0.2, 0.25) is 5.91 Å². The van der Waals surface area contributed by atoms with E-state index in [-0.39, 0.29) is 18.9 Å². The van der Waals surface area contributed by atoms with E-state index in [0.717, 1.165) is 11.1 Å². The minimum absolute atomic E-state index is 0.0146. The van der Waals surface area contributed by atoms with Crippen LogP contribution in [0.5, 0.6) is 0 Å². The molecule has 1 aromatic carbocycles. The van der Waals surface area contributed by atoms with Crippen molar-refractivity contribution < 1.29 is 19.8 Å². The van der Waals surface area contributed by atoms with Crippen molar-refractivity contribution in [1.29, 1.82) is 0 Å². The number of carbonyl (C=O) groups is 2. The third kappa shape index (κ3) is 5.35. The van der Waals surface area contributed by atoms with Crippen molar-refractivity contribution in [2.24, 2.45) is 0 Å². The van der Waals surface area contributed by atoms with Crippen LogP contribution in [0.25, 0.3) is 6.08 Å². The number of carboxylic acids is 1. The minimum Gasteiger partial charge on any atom is -0.479 e. The van der Waals surface area contributed by atoms with Crippen LogP contribution in [0, 0.1) is 6.92 Å². The number of rotatable bonds is 6. The fourth-order valence-electron chi connectivity index (χ4n) is 1.45. The van der Waals surface area contributed by atoms with Crippen molar-refractivity contribution in [3.63, 3.8) is 0 Å². The minimum atomic E-state index is -1.44. The molecule has 19 heavy (non-hydrogen) atoms. The molecular formula is C14H17NO4. The Balaban J connectivity index is 2.40. The SMILES string of the molecule is Cc1ccccc1C=CC(=O)NCCC(O)C(=O)O. The van der Waals surface area contributed by atoms with Gasteiger partial charge in [0.1, 0.15) is 0 Å². The Bertz CT molecular complexity index is 482. The van der Waals surface area contributed by atoms with Crippen molar-refractivity contribution in [2.45, 2.75) is 19.4 Å². The van der Waals surface area contributed by atoms with Gasteiger partial charge in [0.25, 0.3) is 0 Å². The molecule has 0 aromatic heterocycles. The quantitative estimate of drug-likeness (QED) is 0.667. The molecule has 0 spiro atoms. The monoisotopic (exact) mass is 263 g/mol. The Morgan fingerprint density at radius 2 is 2.05 bits per heavy atom. The molecule has 3 N–H and O–H groups in total. The number of carboxylic acid groups (broad SMARTS) is 1. The first-order valence-electron chi connectivity index (χ1n) is 5.93. The second-order valence-corrected chi connectivity index (χ2v) is 4.12. The zero-order valence-electron chi connectivity index (χ0n) is 10.7. The van der Waals surface area contributed by atoms with E-state index in [1.54, 1.807) is 6.08 Å². The van der Waals surface area contributed by atoms with Crippen LogP contribution in [0.2, 0.25) is 0 Å². The lowest BCUT2D eigenvalue weighted by atomic mass is 10.1. The van der Waals surface area contributed by atoms with E-state index in [0.29, 0.717) is 0 Å². The Morgan fingerprint density at radius 1 is 1.37 bits per heavy atom. The topological polar surface area (TPSA) is 86.6 Å². The van der Waals surface area contributed by atoms with Crippen LogP contribution in [0.15, 0.2) is 30.3 Å². The van der Waals surface area contributed by atoms with Crippen LogP contribution in [-0.2, 0) is 9.59 Å². The molecule has 1 amide bonds. The molecule has 0 radical (unpaired) electrons. The van der Waals surface area contributed by atoms with Gasteiger partial charge in [-0.2, -0.15) is 0 Å². The summed E-state index contributed by atoms with van der Waals surface area (Å²) in [5.41, 5.74) is 2.01. The molecule has 0 fully saturated rings. The summed E-state index contributed by atoms with van der Waals surface area (Å²) in [5.74, 6) is -1.61. The molecule has 0 aliphatic carbocycles. The molecule has 5 heteroatoms. The van der Waals surface area contributed by atoms with Gasteiger partial charge < -0.3 is 15.5 Å². The van der Waals surface area contributed by atoms with Gasteiger partial charge in [-0.25, -0.2) is 4.79 Å². The lowest BCUT2D eigenvalue weighted by Gasteiger charge is -2.05. The van der Waals surface area contributed by atoms with E-state index in [2.05, 4.69) is 5.32 Å². The third-order valence-electron chi connectivity index (χ3n) is 2.60. The second kappa shape index (κ2) is 7.33. The maximum Gasteiger partial charge on any atom is 0.332 e. The largest absolute Gasteiger partial charge is 0.479 e. The number of aliphatic hydroxyl groups excluding tert-OH is 1. The normalized spacial score (nSPS) is 12.3. The van der Waals surface area contributed by atoms with Gasteiger partial charge in [-0.05, 0) is 24.1 Å². The number of carbonyl (C=O) groups excluding carboxylic acids is 1. The van der Waals surface area contributed by atoms with Crippen LogP contribution in [-0.4, -0.2) is 34.7 Å². The highest BCUT2D eigenvalue weighted by Crippen LogP contribution is 2.08. The number of hydrogen-bond acceptors (Lipinski definition) is 3. The predicted molar refractivity (Wildman–Crippen MR) is 71.5 cm³/mol. The predicted octanol–water partition coefficient (Wildman–Crippen LogP) is 0.960. The van der Waals surface area contributed by atoms with Crippen molar-refractivity contribution in [1.82, 2.24) is 5.32 Å². The molecule has 0 saturated carbocycles. The van der Waals surface area contributed by atoms with Crippen LogP contribution >= 0.6 is 0 Å².